The molecule has 0 saturated heterocycles. The van der Waals surface area contributed by atoms with Crippen LogP contribution in [0.1, 0.15) is 5.56 Å². The van der Waals surface area contributed by atoms with Gasteiger partial charge < -0.3 is 0 Å². The van der Waals surface area contributed by atoms with Gasteiger partial charge in [-0.2, -0.15) is 5.10 Å². The number of rotatable bonds is 1. The summed E-state index contributed by atoms with van der Waals surface area (Å²) in [5.74, 6) is -0.213. The van der Waals surface area contributed by atoms with Gasteiger partial charge in [0, 0.05) is 18.8 Å². The molecule has 0 saturated carbocycles. The summed E-state index contributed by atoms with van der Waals surface area (Å²) >= 11 is 0. The fraction of sp³-hybridized carbons (Fsp3) is 0.182. The smallest absolute Gasteiger partial charge is 0.123 e. The second kappa shape index (κ2) is 3.25. The third-order valence-electron chi connectivity index (χ3n) is 2.22. The number of aryl methyl sites for hydroxylation is 2. The quantitative estimate of drug-likeness (QED) is 0.675. The molecule has 0 bridgehead atoms. The number of halogens is 1. The van der Waals surface area contributed by atoms with Crippen LogP contribution in [0.25, 0.3) is 11.1 Å². The van der Waals surface area contributed by atoms with E-state index in [2.05, 4.69) is 5.10 Å². The Hall–Kier alpha value is -1.64. The fourth-order valence-electron chi connectivity index (χ4n) is 1.47. The molecule has 3 heteroatoms. The second-order valence-electron chi connectivity index (χ2n) is 3.36. The number of aromatic nitrogens is 2. The van der Waals surface area contributed by atoms with Gasteiger partial charge in [0.15, 0.2) is 0 Å². The van der Waals surface area contributed by atoms with Crippen molar-refractivity contribution in [2.24, 2.45) is 7.05 Å². The fourth-order valence-corrected chi connectivity index (χ4v) is 1.47. The van der Waals surface area contributed by atoms with E-state index in [0.717, 1.165) is 16.7 Å². The first-order valence-electron chi connectivity index (χ1n) is 4.42. The molecule has 0 fully saturated rings. The van der Waals surface area contributed by atoms with E-state index in [9.17, 15) is 4.39 Å². The Balaban J connectivity index is 2.55. The van der Waals surface area contributed by atoms with Crippen molar-refractivity contribution in [3.63, 3.8) is 0 Å². The van der Waals surface area contributed by atoms with Gasteiger partial charge in [-0.15, -0.1) is 0 Å². The van der Waals surface area contributed by atoms with Crippen LogP contribution in [0, 0.1) is 12.7 Å². The molecule has 2 nitrogen and oxygen atoms in total. The molecule has 72 valence electrons. The molecule has 0 amide bonds. The SMILES string of the molecule is Cc1ccc(F)cc1-c1cnn(C)c1. The Morgan fingerprint density at radius 1 is 1.36 bits per heavy atom. The minimum absolute atomic E-state index is 0.213. The van der Waals surface area contributed by atoms with Crippen molar-refractivity contribution >= 4 is 0 Å². The molecule has 0 radical (unpaired) electrons. The van der Waals surface area contributed by atoms with Crippen molar-refractivity contribution in [2.75, 3.05) is 0 Å². The monoisotopic (exact) mass is 190 g/mol. The van der Waals surface area contributed by atoms with Crippen LogP contribution in [0.2, 0.25) is 0 Å². The number of benzene rings is 1. The molecule has 0 aliphatic rings. The van der Waals surface area contributed by atoms with Gasteiger partial charge in [-0.3, -0.25) is 4.68 Å². The predicted molar refractivity (Wildman–Crippen MR) is 53.3 cm³/mol. The van der Waals surface area contributed by atoms with E-state index in [1.54, 1.807) is 16.9 Å². The van der Waals surface area contributed by atoms with Crippen molar-refractivity contribution in [3.8, 4) is 11.1 Å². The van der Waals surface area contributed by atoms with Gasteiger partial charge in [-0.05, 0) is 30.2 Å². The van der Waals surface area contributed by atoms with Crippen LogP contribution in [0.15, 0.2) is 30.6 Å². The highest BCUT2D eigenvalue weighted by Crippen LogP contribution is 2.23. The maximum Gasteiger partial charge on any atom is 0.123 e. The van der Waals surface area contributed by atoms with E-state index < -0.39 is 0 Å². The van der Waals surface area contributed by atoms with E-state index in [0.29, 0.717) is 0 Å². The molecule has 0 spiro atoms. The first-order chi connectivity index (χ1) is 6.66. The summed E-state index contributed by atoms with van der Waals surface area (Å²) in [6, 6.07) is 4.78. The lowest BCUT2D eigenvalue weighted by Crippen LogP contribution is -1.85. The Kier molecular flexibility index (Phi) is 2.08. The van der Waals surface area contributed by atoms with Gasteiger partial charge in [0.2, 0.25) is 0 Å². The highest BCUT2D eigenvalue weighted by molar-refractivity contribution is 5.65. The Morgan fingerprint density at radius 2 is 2.14 bits per heavy atom. The highest BCUT2D eigenvalue weighted by atomic mass is 19.1. The summed E-state index contributed by atoms with van der Waals surface area (Å²) in [7, 11) is 1.85. The van der Waals surface area contributed by atoms with E-state index in [4.69, 9.17) is 0 Å². The zero-order valence-electron chi connectivity index (χ0n) is 8.16. The van der Waals surface area contributed by atoms with E-state index in [1.165, 1.54) is 12.1 Å². The Labute approximate surface area is 82.0 Å². The predicted octanol–water partition coefficient (Wildman–Crippen LogP) is 2.53. The van der Waals surface area contributed by atoms with E-state index in [-0.39, 0.29) is 5.82 Å². The van der Waals surface area contributed by atoms with Crippen LogP contribution in [-0.2, 0) is 7.05 Å². The van der Waals surface area contributed by atoms with Gasteiger partial charge >= 0.3 is 0 Å². The molecule has 1 aromatic heterocycles. The normalized spacial score (nSPS) is 10.5. The Bertz CT molecular complexity index is 460. The van der Waals surface area contributed by atoms with Gasteiger partial charge in [0.05, 0.1) is 6.20 Å². The molecule has 2 rings (SSSR count). The molecular formula is C11H11FN2. The lowest BCUT2D eigenvalue weighted by atomic mass is 10.0. The van der Waals surface area contributed by atoms with Gasteiger partial charge in [0.1, 0.15) is 5.82 Å². The summed E-state index contributed by atoms with van der Waals surface area (Å²) in [4.78, 5) is 0. The summed E-state index contributed by atoms with van der Waals surface area (Å²) in [5.41, 5.74) is 2.90. The number of hydrogen-bond donors (Lipinski definition) is 0. The molecule has 0 N–H and O–H groups in total. The van der Waals surface area contributed by atoms with Crippen molar-refractivity contribution in [2.45, 2.75) is 6.92 Å². The Morgan fingerprint density at radius 3 is 2.79 bits per heavy atom. The summed E-state index contributed by atoms with van der Waals surface area (Å²) in [5, 5.41) is 4.06. The second-order valence-corrected chi connectivity index (χ2v) is 3.36. The average Bonchev–Trinajstić information content (AvgIpc) is 2.56. The maximum atomic E-state index is 13.0. The molecule has 0 atom stereocenters. The lowest BCUT2D eigenvalue weighted by molar-refractivity contribution is 0.628. The first-order valence-corrected chi connectivity index (χ1v) is 4.42. The van der Waals surface area contributed by atoms with Crippen LogP contribution in [-0.4, -0.2) is 9.78 Å². The molecule has 14 heavy (non-hydrogen) atoms. The van der Waals surface area contributed by atoms with Crippen LogP contribution in [0.4, 0.5) is 4.39 Å². The topological polar surface area (TPSA) is 17.8 Å². The van der Waals surface area contributed by atoms with Crippen LogP contribution in [0.3, 0.4) is 0 Å². The third-order valence-corrected chi connectivity index (χ3v) is 2.22. The molecule has 1 aromatic carbocycles. The number of hydrogen-bond acceptors (Lipinski definition) is 1. The zero-order chi connectivity index (χ0) is 10.1. The van der Waals surface area contributed by atoms with Crippen LogP contribution < -0.4 is 0 Å². The van der Waals surface area contributed by atoms with E-state index in [1.807, 2.05) is 20.2 Å². The van der Waals surface area contributed by atoms with Crippen molar-refractivity contribution in [3.05, 3.63) is 42.0 Å². The first kappa shape index (κ1) is 8.94. The standard InChI is InChI=1S/C11H11FN2/c1-8-3-4-10(12)5-11(8)9-6-13-14(2)7-9/h3-7H,1-2H3. The average molecular weight is 190 g/mol. The third kappa shape index (κ3) is 1.53. The van der Waals surface area contributed by atoms with Crippen LogP contribution in [0.5, 0.6) is 0 Å². The summed E-state index contributed by atoms with van der Waals surface area (Å²) in [6.45, 7) is 1.96. The molecule has 0 aliphatic heterocycles. The van der Waals surface area contributed by atoms with Crippen LogP contribution >= 0.6 is 0 Å². The largest absolute Gasteiger partial charge is 0.275 e. The minimum atomic E-state index is -0.213. The molecule has 0 aliphatic carbocycles. The highest BCUT2D eigenvalue weighted by Gasteiger charge is 2.04. The maximum absolute atomic E-state index is 13.0. The molecule has 2 aromatic rings. The minimum Gasteiger partial charge on any atom is -0.275 e. The van der Waals surface area contributed by atoms with E-state index >= 15 is 0 Å². The molecule has 0 unspecified atom stereocenters. The zero-order valence-corrected chi connectivity index (χ0v) is 8.16. The lowest BCUT2D eigenvalue weighted by Gasteiger charge is -2.02. The van der Waals surface area contributed by atoms with Crippen molar-refractivity contribution < 1.29 is 4.39 Å². The molecule has 1 heterocycles. The number of nitrogens with zero attached hydrogens (tertiary/aromatic N) is 2. The summed E-state index contributed by atoms with van der Waals surface area (Å²) < 4.78 is 14.7. The molecular weight excluding hydrogens is 179 g/mol. The van der Waals surface area contributed by atoms with Gasteiger partial charge in [-0.1, -0.05) is 6.07 Å². The summed E-state index contributed by atoms with van der Waals surface area (Å²) in [6.07, 6.45) is 3.61. The van der Waals surface area contributed by atoms with Crippen molar-refractivity contribution in [1.29, 1.82) is 0 Å². The van der Waals surface area contributed by atoms with Crippen molar-refractivity contribution in [1.82, 2.24) is 9.78 Å². The van der Waals surface area contributed by atoms with Gasteiger partial charge in [-0.25, -0.2) is 4.39 Å². The van der Waals surface area contributed by atoms with Gasteiger partial charge in [0.25, 0.3) is 0 Å².